The number of ether oxygens (including phenoxy) is 1. The minimum Gasteiger partial charge on any atom is -0.495 e. The zero-order valence-corrected chi connectivity index (χ0v) is 21.2. The van der Waals surface area contributed by atoms with Crippen LogP contribution in [-0.4, -0.2) is 63.4 Å². The largest absolute Gasteiger partial charge is 0.495 e. The molecule has 2 amide bonds. The van der Waals surface area contributed by atoms with Gasteiger partial charge < -0.3 is 25.6 Å². The third-order valence-electron chi connectivity index (χ3n) is 3.26. The second-order valence-electron chi connectivity index (χ2n) is 7.63. The van der Waals surface area contributed by atoms with E-state index in [-0.39, 0.29) is 24.9 Å². The fourth-order valence-electron chi connectivity index (χ4n) is 1.71. The molecule has 0 atom stereocenters. The summed E-state index contributed by atoms with van der Waals surface area (Å²) in [5.74, 6) is -0.155. The van der Waals surface area contributed by atoms with Gasteiger partial charge >= 0.3 is 0 Å². The molecule has 0 spiro atoms. The summed E-state index contributed by atoms with van der Waals surface area (Å²) in [6, 6.07) is 0. The minimum absolute atomic E-state index is 0.173. The number of rotatable bonds is 8. The molecular formula is C19H27BrN4O5S2. The van der Waals surface area contributed by atoms with E-state index in [9.17, 15) is 19.8 Å². The van der Waals surface area contributed by atoms with Crippen molar-refractivity contribution in [3.8, 4) is 0 Å². The van der Waals surface area contributed by atoms with Crippen LogP contribution < -0.4 is 10.6 Å². The highest BCUT2D eigenvalue weighted by atomic mass is 79.9. The summed E-state index contributed by atoms with van der Waals surface area (Å²) in [7, 11) is 1.50. The van der Waals surface area contributed by atoms with Crippen LogP contribution in [0.3, 0.4) is 0 Å². The molecule has 9 nitrogen and oxygen atoms in total. The number of carbonyl (C=O) groups excluding carboxylic acids is 2. The minimum atomic E-state index is -0.939. The number of hydrogen-bond donors (Lipinski definition) is 4. The number of hydrogen-bond acceptors (Lipinski definition) is 9. The van der Waals surface area contributed by atoms with Gasteiger partial charge in [0.05, 0.1) is 18.3 Å². The molecule has 12 heteroatoms. The Morgan fingerprint density at radius 1 is 1.03 bits per heavy atom. The summed E-state index contributed by atoms with van der Waals surface area (Å²) in [5, 5.41) is 28.2. The molecule has 0 unspecified atom stereocenters. The lowest BCUT2D eigenvalue weighted by atomic mass is 10.1. The summed E-state index contributed by atoms with van der Waals surface area (Å²) >= 11 is 5.62. The number of aromatic nitrogens is 2. The maximum absolute atomic E-state index is 11.7. The molecule has 0 aliphatic carbocycles. The molecule has 4 N–H and O–H groups in total. The molecule has 0 saturated carbocycles. The van der Waals surface area contributed by atoms with Crippen molar-refractivity contribution in [1.82, 2.24) is 20.6 Å². The highest BCUT2D eigenvalue weighted by molar-refractivity contribution is 9.10. The van der Waals surface area contributed by atoms with Crippen LogP contribution in [0.5, 0.6) is 0 Å². The quantitative estimate of drug-likeness (QED) is 0.382. The average molecular weight is 535 g/mol. The number of thiazole rings is 2. The maximum atomic E-state index is 11.7. The van der Waals surface area contributed by atoms with Gasteiger partial charge in [0.1, 0.15) is 16.1 Å². The average Bonchev–Trinajstić information content (AvgIpc) is 3.32. The summed E-state index contributed by atoms with van der Waals surface area (Å²) in [4.78, 5) is 31.1. The van der Waals surface area contributed by atoms with Gasteiger partial charge in [-0.25, -0.2) is 9.97 Å². The SMILES string of the molecule is C=C(OC)c1csc(C(=O)NCC(C)(C)O)n1.CC(C)(O)CNC(=O)c1nc(Br)cs1. The van der Waals surface area contributed by atoms with Crippen LogP contribution >= 0.6 is 38.6 Å². The van der Waals surface area contributed by atoms with Crippen LogP contribution in [0.4, 0.5) is 0 Å². The van der Waals surface area contributed by atoms with Crippen molar-refractivity contribution in [1.29, 1.82) is 0 Å². The van der Waals surface area contributed by atoms with E-state index in [2.05, 4.69) is 43.1 Å². The van der Waals surface area contributed by atoms with Gasteiger partial charge in [-0.05, 0) is 43.6 Å². The molecule has 2 heterocycles. The Hall–Kier alpha value is -1.86. The van der Waals surface area contributed by atoms with Gasteiger partial charge in [0.25, 0.3) is 11.8 Å². The molecule has 172 valence electrons. The number of carbonyl (C=O) groups is 2. The maximum Gasteiger partial charge on any atom is 0.280 e. The second kappa shape index (κ2) is 11.7. The van der Waals surface area contributed by atoms with E-state index in [1.54, 1.807) is 38.5 Å². The lowest BCUT2D eigenvalue weighted by molar-refractivity contribution is 0.0694. The smallest absolute Gasteiger partial charge is 0.280 e. The normalized spacial score (nSPS) is 11.2. The van der Waals surface area contributed by atoms with Crippen molar-refractivity contribution >= 4 is 56.2 Å². The molecule has 0 aromatic carbocycles. The van der Waals surface area contributed by atoms with Crippen molar-refractivity contribution in [3.05, 3.63) is 37.7 Å². The standard InChI is InChI=1S/C11H16N2O3S.C8H11BrN2O2S/c1-7(16-4)8-5-17-10(13-8)9(14)12-6-11(2,3)15;1-8(2,13)4-10-6(12)7-11-5(9)3-14-7/h5,15H,1,6H2,2-4H3,(H,12,14);3,13H,4H2,1-2H3,(H,10,12). The van der Waals surface area contributed by atoms with Crippen LogP contribution in [0.2, 0.25) is 0 Å². The highest BCUT2D eigenvalue weighted by Crippen LogP contribution is 2.17. The third kappa shape index (κ3) is 10.8. The van der Waals surface area contributed by atoms with E-state index in [1.807, 2.05) is 0 Å². The van der Waals surface area contributed by atoms with Crippen molar-refractivity contribution in [2.75, 3.05) is 20.2 Å². The number of aliphatic hydroxyl groups is 2. The molecule has 31 heavy (non-hydrogen) atoms. The topological polar surface area (TPSA) is 134 Å². The number of methoxy groups -OCH3 is 1. The fraction of sp³-hybridized carbons (Fsp3) is 0.474. The van der Waals surface area contributed by atoms with Gasteiger partial charge in [-0.1, -0.05) is 6.58 Å². The number of halogens is 1. The van der Waals surface area contributed by atoms with E-state index in [4.69, 9.17) is 4.74 Å². The van der Waals surface area contributed by atoms with Crippen molar-refractivity contribution in [3.63, 3.8) is 0 Å². The first-order chi connectivity index (χ1) is 14.2. The summed E-state index contributed by atoms with van der Waals surface area (Å²) in [5.41, 5.74) is -1.29. The Morgan fingerprint density at radius 3 is 1.87 bits per heavy atom. The first kappa shape index (κ1) is 27.2. The van der Waals surface area contributed by atoms with Crippen LogP contribution in [0, 0.1) is 0 Å². The molecular weight excluding hydrogens is 508 g/mol. The van der Waals surface area contributed by atoms with Gasteiger partial charge in [0.15, 0.2) is 10.0 Å². The monoisotopic (exact) mass is 534 g/mol. The van der Waals surface area contributed by atoms with Crippen LogP contribution in [0.25, 0.3) is 5.76 Å². The Morgan fingerprint density at radius 2 is 1.48 bits per heavy atom. The van der Waals surface area contributed by atoms with E-state index < -0.39 is 11.2 Å². The molecule has 0 saturated heterocycles. The first-order valence-corrected chi connectivity index (χ1v) is 11.6. The molecule has 0 bridgehead atoms. The lowest BCUT2D eigenvalue weighted by Gasteiger charge is -2.16. The Balaban J connectivity index is 0.000000316. The molecule has 2 rings (SSSR count). The summed E-state index contributed by atoms with van der Waals surface area (Å²) in [6.45, 7) is 10.5. The van der Waals surface area contributed by atoms with Gasteiger partial charge in [-0.15, -0.1) is 22.7 Å². The van der Waals surface area contributed by atoms with Gasteiger partial charge in [0, 0.05) is 23.8 Å². The molecule has 0 aliphatic heterocycles. The molecule has 2 aromatic heterocycles. The number of nitrogens with one attached hydrogen (secondary N) is 2. The number of amides is 2. The predicted molar refractivity (Wildman–Crippen MR) is 125 cm³/mol. The van der Waals surface area contributed by atoms with Crippen LogP contribution in [-0.2, 0) is 4.74 Å². The molecule has 2 aromatic rings. The Kier molecular flexibility index (Phi) is 10.2. The van der Waals surface area contributed by atoms with E-state index in [0.717, 1.165) is 0 Å². The Labute approximate surface area is 197 Å². The zero-order chi connectivity index (χ0) is 23.8. The lowest BCUT2D eigenvalue weighted by Crippen LogP contribution is -2.38. The highest BCUT2D eigenvalue weighted by Gasteiger charge is 2.18. The fourth-order valence-corrected chi connectivity index (χ4v) is 3.62. The zero-order valence-electron chi connectivity index (χ0n) is 18.0. The number of nitrogens with zero attached hydrogens (tertiary/aromatic N) is 2. The Bertz CT molecular complexity index is 900. The van der Waals surface area contributed by atoms with Gasteiger partial charge in [-0.3, -0.25) is 9.59 Å². The summed E-state index contributed by atoms with van der Waals surface area (Å²) in [6.07, 6.45) is 0. The molecule has 0 radical (unpaired) electrons. The van der Waals surface area contributed by atoms with E-state index in [0.29, 0.717) is 26.1 Å². The van der Waals surface area contributed by atoms with Crippen molar-refractivity contribution < 1.29 is 24.5 Å². The van der Waals surface area contributed by atoms with Crippen molar-refractivity contribution in [2.24, 2.45) is 0 Å². The van der Waals surface area contributed by atoms with E-state index in [1.165, 1.54) is 29.8 Å². The predicted octanol–water partition coefficient (Wildman–Crippen LogP) is 2.67. The van der Waals surface area contributed by atoms with Crippen LogP contribution in [0.1, 0.15) is 53.0 Å². The van der Waals surface area contributed by atoms with Gasteiger partial charge in [-0.2, -0.15) is 0 Å². The molecule has 0 fully saturated rings. The molecule has 0 aliphatic rings. The first-order valence-electron chi connectivity index (χ1n) is 9.03. The summed E-state index contributed by atoms with van der Waals surface area (Å²) < 4.78 is 5.57. The van der Waals surface area contributed by atoms with E-state index >= 15 is 0 Å². The second-order valence-corrected chi connectivity index (χ2v) is 10.2. The third-order valence-corrected chi connectivity index (χ3v) is 5.66. The van der Waals surface area contributed by atoms with Crippen LogP contribution in [0.15, 0.2) is 21.9 Å². The van der Waals surface area contributed by atoms with Gasteiger partial charge in [0.2, 0.25) is 0 Å². The van der Waals surface area contributed by atoms with Crippen molar-refractivity contribution in [2.45, 2.75) is 38.9 Å².